The number of nitrogens with one attached hydrogen (secondary N) is 1. The Hall–Kier alpha value is -1.37. The smallest absolute Gasteiger partial charge is 0.257 e. The van der Waals surface area contributed by atoms with Gasteiger partial charge in [-0.3, -0.25) is 9.48 Å². The van der Waals surface area contributed by atoms with Gasteiger partial charge in [0.2, 0.25) is 6.41 Å². The Kier molecular flexibility index (Phi) is 3.92. The normalized spacial score (nSPS) is 26.0. The summed E-state index contributed by atoms with van der Waals surface area (Å²) in [5.74, 6) is 0.389. The third kappa shape index (κ3) is 2.55. The summed E-state index contributed by atoms with van der Waals surface area (Å²) in [5, 5.41) is 17.2. The molecule has 2 N–H and O–H groups in total. The van der Waals surface area contributed by atoms with Gasteiger partial charge in [0.1, 0.15) is 35.3 Å². The molecule has 0 saturated heterocycles. The fourth-order valence-corrected chi connectivity index (χ4v) is 3.47. The Morgan fingerprint density at radius 3 is 2.36 bits per heavy atom. The quantitative estimate of drug-likeness (QED) is 0.492. The molecule has 1 heterocycles. The summed E-state index contributed by atoms with van der Waals surface area (Å²) in [4.78, 5) is 10.8. The summed E-state index contributed by atoms with van der Waals surface area (Å²) in [7, 11) is 6.07. The van der Waals surface area contributed by atoms with Gasteiger partial charge < -0.3 is 15.2 Å². The maximum absolute atomic E-state index is 10.8. The molecule has 0 bridgehead atoms. The highest BCUT2D eigenvalue weighted by Gasteiger charge is 2.63. The van der Waals surface area contributed by atoms with Gasteiger partial charge in [-0.1, -0.05) is 27.7 Å². The Labute approximate surface area is 134 Å². The third-order valence-corrected chi connectivity index (χ3v) is 4.57. The number of carbonyl (C=O) groups excluding carboxylic acids is 1. The number of hydrogen-bond acceptors (Lipinski definition) is 4. The van der Waals surface area contributed by atoms with Crippen molar-refractivity contribution in [2.45, 2.75) is 45.1 Å². The van der Waals surface area contributed by atoms with Gasteiger partial charge in [-0.15, -0.1) is 5.10 Å². The molecule has 0 unspecified atom stereocenters. The highest BCUT2D eigenvalue weighted by atomic mass is 16.5. The number of hydrogen-bond donors (Lipinski definition) is 2. The third-order valence-electron chi connectivity index (χ3n) is 4.57. The van der Waals surface area contributed by atoms with E-state index < -0.39 is 6.10 Å². The summed E-state index contributed by atoms with van der Waals surface area (Å²) < 4.78 is 7.86. The van der Waals surface area contributed by atoms with Crippen LogP contribution in [0.25, 0.3) is 0 Å². The van der Waals surface area contributed by atoms with Crippen molar-refractivity contribution < 1.29 is 14.6 Å². The van der Waals surface area contributed by atoms with Gasteiger partial charge in [0.05, 0.1) is 12.3 Å². The fourth-order valence-electron chi connectivity index (χ4n) is 3.47. The summed E-state index contributed by atoms with van der Waals surface area (Å²) in [5.41, 5.74) is -0.195. The van der Waals surface area contributed by atoms with Crippen LogP contribution in [0.1, 0.15) is 27.7 Å². The molecule has 0 spiro atoms. The Balaban J connectivity index is 2.33. The van der Waals surface area contributed by atoms with Crippen LogP contribution in [-0.4, -0.2) is 57.0 Å². The monoisotopic (exact) mass is 303 g/mol. The molecule has 118 valence electrons. The average Bonchev–Trinajstić information content (AvgIpc) is 2.78. The van der Waals surface area contributed by atoms with Gasteiger partial charge >= 0.3 is 0 Å². The highest BCUT2D eigenvalue weighted by molar-refractivity contribution is 6.56. The lowest BCUT2D eigenvalue weighted by molar-refractivity contribution is -0.237. The fraction of sp³-hybridized carbons (Fsp3) is 0.692. The molecule has 1 aliphatic carbocycles. The molecule has 0 atom stereocenters. The lowest BCUT2D eigenvalue weighted by Gasteiger charge is -2.60. The van der Waals surface area contributed by atoms with Crippen molar-refractivity contribution in [2.24, 2.45) is 10.8 Å². The first-order valence-electron chi connectivity index (χ1n) is 7.57. The maximum atomic E-state index is 10.8. The molecule has 1 aromatic heterocycles. The summed E-state index contributed by atoms with van der Waals surface area (Å²) in [6.45, 7) is 7.89. The van der Waals surface area contributed by atoms with Crippen molar-refractivity contribution in [3.63, 3.8) is 0 Å². The number of rotatable bonds is 5. The van der Waals surface area contributed by atoms with Crippen molar-refractivity contribution >= 4 is 35.6 Å². The molecule has 1 saturated carbocycles. The lowest BCUT2D eigenvalue weighted by Crippen LogP contribution is -2.69. The number of amides is 1. The molecular weight excluding hydrogens is 279 g/mol. The van der Waals surface area contributed by atoms with E-state index in [9.17, 15) is 9.90 Å². The molecule has 9 heteroatoms. The first-order valence-corrected chi connectivity index (χ1v) is 7.57. The number of anilines is 1. The maximum Gasteiger partial charge on any atom is 0.257 e. The molecule has 1 aliphatic rings. The van der Waals surface area contributed by atoms with E-state index in [0.717, 1.165) is 0 Å². The van der Waals surface area contributed by atoms with Gasteiger partial charge in [0.25, 0.3) is 5.88 Å². The van der Waals surface area contributed by atoms with E-state index in [1.54, 1.807) is 10.9 Å². The van der Waals surface area contributed by atoms with Crippen molar-refractivity contribution in [3.05, 3.63) is 6.20 Å². The molecular formula is C13H24B3N3O3. The Morgan fingerprint density at radius 2 is 1.91 bits per heavy atom. The molecule has 0 aliphatic heterocycles. The zero-order valence-electron chi connectivity index (χ0n) is 14.5. The van der Waals surface area contributed by atoms with Crippen LogP contribution >= 0.6 is 0 Å². The molecule has 22 heavy (non-hydrogen) atoms. The Bertz CT molecular complexity index is 565. The number of carbonyl (C=O) groups is 1. The van der Waals surface area contributed by atoms with Gasteiger partial charge in [-0.05, 0) is 5.24 Å². The molecule has 1 amide bonds. The van der Waals surface area contributed by atoms with Crippen molar-refractivity contribution in [3.8, 4) is 5.88 Å². The standard InChI is InChI=1S/C13H24B3N3O3/c1-11(2)9(21)12(3,4)10(11)22-8-7(17-6-20)5-19(18-8)13(14,15)16/h5-6,9-10,21H,14-16H2,1-4H3,(H,17,20). The largest absolute Gasteiger partial charge is 0.470 e. The van der Waals surface area contributed by atoms with Gasteiger partial charge in [-0.25, -0.2) is 0 Å². The van der Waals surface area contributed by atoms with Gasteiger partial charge in [0, 0.05) is 10.8 Å². The van der Waals surface area contributed by atoms with Crippen molar-refractivity contribution in [2.75, 3.05) is 5.32 Å². The van der Waals surface area contributed by atoms with Crippen LogP contribution in [0.3, 0.4) is 0 Å². The molecule has 0 aromatic carbocycles. The van der Waals surface area contributed by atoms with E-state index in [1.807, 2.05) is 51.2 Å². The van der Waals surface area contributed by atoms with Crippen molar-refractivity contribution in [1.82, 2.24) is 9.78 Å². The topological polar surface area (TPSA) is 76.4 Å². The van der Waals surface area contributed by atoms with Crippen LogP contribution in [0, 0.1) is 10.8 Å². The average molecular weight is 303 g/mol. The van der Waals surface area contributed by atoms with Crippen LogP contribution in [0.5, 0.6) is 5.88 Å². The van der Waals surface area contributed by atoms with E-state index in [-0.39, 0.29) is 22.2 Å². The van der Waals surface area contributed by atoms with Gasteiger partial charge in [0.15, 0.2) is 0 Å². The number of aliphatic hydroxyl groups is 1. The molecule has 1 fully saturated rings. The second-order valence-corrected chi connectivity index (χ2v) is 8.27. The second kappa shape index (κ2) is 5.08. The summed E-state index contributed by atoms with van der Waals surface area (Å²) in [6.07, 6.45) is 1.74. The van der Waals surface area contributed by atoms with Crippen LogP contribution < -0.4 is 10.1 Å². The zero-order chi connectivity index (χ0) is 16.9. The minimum Gasteiger partial charge on any atom is -0.470 e. The first kappa shape index (κ1) is 17.0. The summed E-state index contributed by atoms with van der Waals surface area (Å²) in [6, 6.07) is 0. The SMILES string of the molecule is BC(B)(B)n1cc(NC=O)c(OC2C(C)(C)C(O)C2(C)C)n1. The predicted octanol–water partition coefficient (Wildman–Crippen LogP) is -1.91. The van der Waals surface area contributed by atoms with Crippen LogP contribution in [0.15, 0.2) is 6.20 Å². The molecule has 6 nitrogen and oxygen atoms in total. The van der Waals surface area contributed by atoms with Gasteiger partial charge in [-0.2, -0.15) is 0 Å². The van der Waals surface area contributed by atoms with E-state index in [0.29, 0.717) is 18.0 Å². The molecule has 2 rings (SSSR count). The van der Waals surface area contributed by atoms with E-state index in [2.05, 4.69) is 10.4 Å². The summed E-state index contributed by atoms with van der Waals surface area (Å²) >= 11 is 0. The lowest BCUT2D eigenvalue weighted by atomic mass is 9.49. The first-order chi connectivity index (χ1) is 9.92. The minimum atomic E-state index is -0.447. The van der Waals surface area contributed by atoms with Crippen LogP contribution in [-0.2, 0) is 10.0 Å². The van der Waals surface area contributed by atoms with E-state index >= 15 is 0 Å². The van der Waals surface area contributed by atoms with Crippen molar-refractivity contribution in [1.29, 1.82) is 0 Å². The van der Waals surface area contributed by atoms with E-state index in [4.69, 9.17) is 4.74 Å². The second-order valence-electron chi connectivity index (χ2n) is 8.27. The number of aliphatic hydroxyl groups excluding tert-OH is 1. The predicted molar refractivity (Wildman–Crippen MR) is 93.5 cm³/mol. The molecule has 1 aromatic rings. The van der Waals surface area contributed by atoms with Crippen LogP contribution in [0.4, 0.5) is 5.69 Å². The number of ether oxygens (including phenoxy) is 1. The van der Waals surface area contributed by atoms with Crippen LogP contribution in [0.2, 0.25) is 0 Å². The highest BCUT2D eigenvalue weighted by Crippen LogP contribution is 2.55. The zero-order valence-corrected chi connectivity index (χ0v) is 14.5. The number of aromatic nitrogens is 2. The molecule has 0 radical (unpaired) electrons. The Morgan fingerprint density at radius 1 is 1.36 bits per heavy atom. The minimum absolute atomic E-state index is 0.189. The number of nitrogens with zero attached hydrogens (tertiary/aromatic N) is 2. The van der Waals surface area contributed by atoms with E-state index in [1.165, 1.54) is 0 Å².